The second-order valence-electron chi connectivity index (χ2n) is 5.19. The monoisotopic (exact) mass is 336 g/mol. The maximum absolute atomic E-state index is 13.4. The molecule has 1 aromatic rings. The number of nitrogens with one attached hydrogen (secondary N) is 2. The Bertz CT molecular complexity index is 618. The Balaban J connectivity index is 1.96. The Labute approximate surface area is 128 Å². The minimum absolute atomic E-state index is 0.0701. The predicted octanol–water partition coefficient (Wildman–Crippen LogP) is 2.77. The Morgan fingerprint density at radius 1 is 0.826 bits per heavy atom. The Kier molecular flexibility index (Phi) is 5.17. The van der Waals surface area contributed by atoms with Gasteiger partial charge in [0.1, 0.15) is 5.69 Å². The summed E-state index contributed by atoms with van der Waals surface area (Å²) in [4.78, 5) is 23.0. The third-order valence-electron chi connectivity index (χ3n) is 3.52. The maximum Gasteiger partial charge on any atom is 0.225 e. The molecule has 1 aliphatic rings. The van der Waals surface area contributed by atoms with Crippen molar-refractivity contribution in [2.24, 2.45) is 0 Å². The topological polar surface area (TPSA) is 58.2 Å². The highest BCUT2D eigenvalue weighted by Crippen LogP contribution is 2.27. The van der Waals surface area contributed by atoms with Gasteiger partial charge in [-0.05, 0) is 19.3 Å². The number of rotatable bonds is 5. The van der Waals surface area contributed by atoms with Gasteiger partial charge in [-0.3, -0.25) is 9.59 Å². The molecule has 0 heterocycles. The van der Waals surface area contributed by atoms with Crippen LogP contribution in [-0.4, -0.2) is 17.9 Å². The lowest BCUT2D eigenvalue weighted by molar-refractivity contribution is -0.125. The van der Waals surface area contributed by atoms with E-state index in [4.69, 9.17) is 0 Å². The lowest BCUT2D eigenvalue weighted by Crippen LogP contribution is -2.39. The lowest BCUT2D eigenvalue weighted by Gasteiger charge is -2.26. The van der Waals surface area contributed by atoms with Gasteiger partial charge < -0.3 is 10.6 Å². The summed E-state index contributed by atoms with van der Waals surface area (Å²) in [6.07, 6.45) is 2.01. The molecule has 0 spiro atoms. The molecule has 2 amide bonds. The Morgan fingerprint density at radius 3 is 1.78 bits per heavy atom. The molecule has 1 aliphatic carbocycles. The first kappa shape index (κ1) is 17.2. The van der Waals surface area contributed by atoms with E-state index in [9.17, 15) is 31.5 Å². The van der Waals surface area contributed by atoms with Crippen LogP contribution in [0, 0.1) is 29.1 Å². The van der Waals surface area contributed by atoms with Crippen molar-refractivity contribution in [3.05, 3.63) is 29.1 Å². The van der Waals surface area contributed by atoms with Gasteiger partial charge in [-0.1, -0.05) is 0 Å². The first-order valence-corrected chi connectivity index (χ1v) is 6.92. The second-order valence-corrected chi connectivity index (χ2v) is 5.19. The smallest absolute Gasteiger partial charge is 0.225 e. The van der Waals surface area contributed by atoms with Crippen LogP contribution in [0.5, 0.6) is 0 Å². The predicted molar refractivity (Wildman–Crippen MR) is 69.9 cm³/mol. The van der Waals surface area contributed by atoms with E-state index in [2.05, 4.69) is 5.32 Å². The summed E-state index contributed by atoms with van der Waals surface area (Å²) in [5.74, 6) is -12.3. The standard InChI is InChI=1S/C14H13F5N2O2/c15-9-10(16)12(18)14(13(19)11(9)17)21-8(23)5-4-7(22)20-6-2-1-3-6/h6H,1-5H2,(H,20,22)(H,21,23). The number of anilines is 1. The van der Waals surface area contributed by atoms with Crippen LogP contribution in [0.2, 0.25) is 0 Å². The summed E-state index contributed by atoms with van der Waals surface area (Å²) in [6.45, 7) is 0. The number of benzene rings is 1. The highest BCUT2D eigenvalue weighted by atomic mass is 19.2. The molecule has 2 N–H and O–H groups in total. The average Bonchev–Trinajstić information content (AvgIpc) is 2.49. The van der Waals surface area contributed by atoms with E-state index in [1.807, 2.05) is 0 Å². The van der Waals surface area contributed by atoms with Crippen molar-refractivity contribution in [1.29, 1.82) is 0 Å². The molecule has 0 saturated heterocycles. The summed E-state index contributed by atoms with van der Waals surface area (Å²) < 4.78 is 65.6. The van der Waals surface area contributed by atoms with Crippen LogP contribution in [0.4, 0.5) is 27.6 Å². The van der Waals surface area contributed by atoms with Crippen molar-refractivity contribution in [1.82, 2.24) is 5.32 Å². The molecule has 1 fully saturated rings. The van der Waals surface area contributed by atoms with Gasteiger partial charge in [0.25, 0.3) is 0 Å². The average molecular weight is 336 g/mol. The summed E-state index contributed by atoms with van der Waals surface area (Å²) in [5.41, 5.74) is -1.43. The summed E-state index contributed by atoms with van der Waals surface area (Å²) in [7, 11) is 0. The van der Waals surface area contributed by atoms with Gasteiger partial charge in [0.2, 0.25) is 17.6 Å². The molecule has 0 aliphatic heterocycles. The molecule has 0 bridgehead atoms. The third kappa shape index (κ3) is 3.77. The summed E-state index contributed by atoms with van der Waals surface area (Å²) in [6, 6.07) is 0.0701. The summed E-state index contributed by atoms with van der Waals surface area (Å²) >= 11 is 0. The van der Waals surface area contributed by atoms with Gasteiger partial charge in [-0.2, -0.15) is 0 Å². The fourth-order valence-corrected chi connectivity index (χ4v) is 2.00. The van der Waals surface area contributed by atoms with Crippen LogP contribution in [0.15, 0.2) is 0 Å². The van der Waals surface area contributed by atoms with Crippen LogP contribution in [-0.2, 0) is 9.59 Å². The zero-order valence-electron chi connectivity index (χ0n) is 11.8. The molecule has 0 aromatic heterocycles. The molecule has 23 heavy (non-hydrogen) atoms. The number of halogens is 5. The lowest BCUT2D eigenvalue weighted by atomic mass is 9.93. The largest absolute Gasteiger partial charge is 0.353 e. The fourth-order valence-electron chi connectivity index (χ4n) is 2.00. The van der Waals surface area contributed by atoms with E-state index in [-0.39, 0.29) is 12.5 Å². The van der Waals surface area contributed by atoms with Crippen molar-refractivity contribution in [3.8, 4) is 0 Å². The van der Waals surface area contributed by atoms with Crippen molar-refractivity contribution in [3.63, 3.8) is 0 Å². The molecule has 2 rings (SSSR count). The first-order chi connectivity index (χ1) is 10.8. The first-order valence-electron chi connectivity index (χ1n) is 6.92. The SMILES string of the molecule is O=C(CCC(=O)NC1CCC1)Nc1c(F)c(F)c(F)c(F)c1F. The van der Waals surface area contributed by atoms with E-state index in [0.717, 1.165) is 19.3 Å². The van der Waals surface area contributed by atoms with Crippen molar-refractivity contribution in [2.75, 3.05) is 5.32 Å². The Hall–Kier alpha value is -2.19. The van der Waals surface area contributed by atoms with Crippen molar-refractivity contribution < 1.29 is 31.5 Å². The highest BCUT2D eigenvalue weighted by Gasteiger charge is 2.27. The fraction of sp³-hybridized carbons (Fsp3) is 0.429. The quantitative estimate of drug-likeness (QED) is 0.493. The minimum Gasteiger partial charge on any atom is -0.353 e. The second kappa shape index (κ2) is 6.93. The van der Waals surface area contributed by atoms with E-state index < -0.39 is 53.0 Å². The molecule has 0 atom stereocenters. The minimum atomic E-state index is -2.31. The van der Waals surface area contributed by atoms with Gasteiger partial charge in [0.15, 0.2) is 23.3 Å². The molecule has 1 aromatic carbocycles. The molecule has 1 saturated carbocycles. The zero-order valence-corrected chi connectivity index (χ0v) is 11.8. The number of amides is 2. The normalized spacial score (nSPS) is 14.3. The molecular formula is C14H13F5N2O2. The van der Waals surface area contributed by atoms with Crippen LogP contribution >= 0.6 is 0 Å². The van der Waals surface area contributed by atoms with E-state index in [1.165, 1.54) is 0 Å². The number of carbonyl (C=O) groups excluding carboxylic acids is 2. The van der Waals surface area contributed by atoms with E-state index in [0.29, 0.717) is 0 Å². The van der Waals surface area contributed by atoms with Gasteiger partial charge >= 0.3 is 0 Å². The molecular weight excluding hydrogens is 323 g/mol. The zero-order chi connectivity index (χ0) is 17.1. The van der Waals surface area contributed by atoms with Gasteiger partial charge in [-0.15, -0.1) is 0 Å². The third-order valence-corrected chi connectivity index (χ3v) is 3.52. The number of hydrogen-bond acceptors (Lipinski definition) is 2. The van der Waals surface area contributed by atoms with Crippen LogP contribution in [0.25, 0.3) is 0 Å². The van der Waals surface area contributed by atoms with Crippen LogP contribution in [0.1, 0.15) is 32.1 Å². The van der Waals surface area contributed by atoms with Gasteiger partial charge in [-0.25, -0.2) is 22.0 Å². The maximum atomic E-state index is 13.4. The highest BCUT2D eigenvalue weighted by molar-refractivity contribution is 5.93. The molecule has 4 nitrogen and oxygen atoms in total. The van der Waals surface area contributed by atoms with E-state index in [1.54, 1.807) is 5.32 Å². The van der Waals surface area contributed by atoms with Crippen molar-refractivity contribution >= 4 is 17.5 Å². The molecule has 0 unspecified atom stereocenters. The number of hydrogen-bond donors (Lipinski definition) is 2. The molecule has 0 radical (unpaired) electrons. The van der Waals surface area contributed by atoms with Crippen molar-refractivity contribution in [2.45, 2.75) is 38.1 Å². The number of carbonyl (C=O) groups is 2. The molecule has 9 heteroatoms. The van der Waals surface area contributed by atoms with Gasteiger partial charge in [0, 0.05) is 18.9 Å². The summed E-state index contributed by atoms with van der Waals surface area (Å²) in [5, 5.41) is 4.26. The Morgan fingerprint density at radius 2 is 1.30 bits per heavy atom. The van der Waals surface area contributed by atoms with E-state index >= 15 is 0 Å². The molecule has 126 valence electrons. The van der Waals surface area contributed by atoms with Crippen LogP contribution in [0.3, 0.4) is 0 Å². The van der Waals surface area contributed by atoms with Gasteiger partial charge in [0.05, 0.1) is 0 Å². The van der Waals surface area contributed by atoms with Crippen LogP contribution < -0.4 is 10.6 Å².